The van der Waals surface area contributed by atoms with Crippen LogP contribution >= 0.6 is 0 Å². The van der Waals surface area contributed by atoms with E-state index in [0.717, 1.165) is 38.5 Å². The second-order valence-corrected chi connectivity index (χ2v) is 5.96. The first-order chi connectivity index (χ1) is 11.9. The molecule has 1 aliphatic heterocycles. The fourth-order valence-electron chi connectivity index (χ4n) is 3.00. The topological polar surface area (TPSA) is 61.0 Å². The first kappa shape index (κ1) is 15.0. The van der Waals surface area contributed by atoms with Gasteiger partial charge in [0.2, 0.25) is 0 Å². The van der Waals surface area contributed by atoms with Crippen molar-refractivity contribution in [3.63, 3.8) is 0 Å². The van der Waals surface area contributed by atoms with Crippen LogP contribution in [0.25, 0.3) is 5.69 Å². The van der Waals surface area contributed by atoms with Gasteiger partial charge < -0.3 is 4.74 Å². The molecule has 7 heteroatoms. The van der Waals surface area contributed by atoms with E-state index in [4.69, 9.17) is 4.74 Å². The van der Waals surface area contributed by atoms with Gasteiger partial charge >= 0.3 is 0 Å². The van der Waals surface area contributed by atoms with Gasteiger partial charge in [0, 0.05) is 32.0 Å². The second-order valence-electron chi connectivity index (χ2n) is 5.96. The Kier molecular flexibility index (Phi) is 4.35. The molecule has 0 bridgehead atoms. The molecule has 0 N–H and O–H groups in total. The molecule has 1 fully saturated rings. The molecule has 1 atom stereocenters. The highest BCUT2D eigenvalue weighted by Crippen LogP contribution is 2.14. The lowest BCUT2D eigenvalue weighted by Gasteiger charge is -2.32. The first-order valence-corrected chi connectivity index (χ1v) is 8.12. The molecular formula is C17H20N6O. The van der Waals surface area contributed by atoms with Crippen LogP contribution in [0, 0.1) is 0 Å². The van der Waals surface area contributed by atoms with Crippen LogP contribution in [0.1, 0.15) is 5.56 Å². The largest absolute Gasteiger partial charge is 0.374 e. The zero-order valence-corrected chi connectivity index (χ0v) is 13.4. The van der Waals surface area contributed by atoms with E-state index in [1.54, 1.807) is 18.9 Å². The maximum atomic E-state index is 5.85. The maximum absolute atomic E-state index is 5.85. The fraction of sp³-hybridized carbons (Fsp3) is 0.353. The van der Waals surface area contributed by atoms with E-state index >= 15 is 0 Å². The Morgan fingerprint density at radius 1 is 1.17 bits per heavy atom. The van der Waals surface area contributed by atoms with Crippen molar-refractivity contribution >= 4 is 0 Å². The summed E-state index contributed by atoms with van der Waals surface area (Å²) in [6, 6.07) is 10.5. The molecule has 124 valence electrons. The Hall–Kier alpha value is -2.51. The molecule has 0 amide bonds. The molecule has 4 rings (SSSR count). The molecule has 7 nitrogen and oxygen atoms in total. The van der Waals surface area contributed by atoms with Crippen molar-refractivity contribution in [1.29, 1.82) is 0 Å². The van der Waals surface area contributed by atoms with Crippen molar-refractivity contribution < 1.29 is 4.74 Å². The predicted octanol–water partition coefficient (Wildman–Crippen LogP) is 1.36. The van der Waals surface area contributed by atoms with Gasteiger partial charge in [0.25, 0.3) is 0 Å². The number of benzene rings is 1. The average molecular weight is 324 g/mol. The Labute approximate surface area is 140 Å². The molecule has 0 saturated carbocycles. The molecule has 3 heterocycles. The monoisotopic (exact) mass is 324 g/mol. The van der Waals surface area contributed by atoms with Crippen molar-refractivity contribution in [2.75, 3.05) is 19.7 Å². The lowest BCUT2D eigenvalue weighted by molar-refractivity contribution is -0.0402. The van der Waals surface area contributed by atoms with Crippen LogP contribution in [0.4, 0.5) is 0 Å². The van der Waals surface area contributed by atoms with E-state index in [9.17, 15) is 0 Å². The quantitative estimate of drug-likeness (QED) is 0.709. The standard InChI is InChI=1S/C17H20N6O/c1-6-19-23(7-1)16-4-2-15(3-5-16)10-21-8-9-24-17(11-21)12-22-14-18-13-20-22/h1-7,13-14,17H,8-12H2. The summed E-state index contributed by atoms with van der Waals surface area (Å²) in [6.07, 6.45) is 7.18. The number of hydrogen-bond acceptors (Lipinski definition) is 5. The Morgan fingerprint density at radius 2 is 2.08 bits per heavy atom. The summed E-state index contributed by atoms with van der Waals surface area (Å²) < 4.78 is 9.54. The van der Waals surface area contributed by atoms with Crippen molar-refractivity contribution in [3.8, 4) is 5.69 Å². The Morgan fingerprint density at radius 3 is 2.83 bits per heavy atom. The van der Waals surface area contributed by atoms with E-state index in [-0.39, 0.29) is 6.10 Å². The normalized spacial score (nSPS) is 18.8. The predicted molar refractivity (Wildman–Crippen MR) is 88.6 cm³/mol. The van der Waals surface area contributed by atoms with Gasteiger partial charge in [-0.25, -0.2) is 9.67 Å². The third-order valence-corrected chi connectivity index (χ3v) is 4.19. The highest BCUT2D eigenvalue weighted by molar-refractivity contribution is 5.33. The van der Waals surface area contributed by atoms with Crippen molar-refractivity contribution in [2.45, 2.75) is 19.2 Å². The van der Waals surface area contributed by atoms with Crippen LogP contribution < -0.4 is 0 Å². The number of rotatable bonds is 5. The van der Waals surface area contributed by atoms with Gasteiger partial charge in [0.1, 0.15) is 12.7 Å². The lowest BCUT2D eigenvalue weighted by atomic mass is 10.1. The molecule has 24 heavy (non-hydrogen) atoms. The number of morpholine rings is 1. The smallest absolute Gasteiger partial charge is 0.137 e. The van der Waals surface area contributed by atoms with Gasteiger partial charge in [-0.15, -0.1) is 0 Å². The van der Waals surface area contributed by atoms with E-state index < -0.39 is 0 Å². The summed E-state index contributed by atoms with van der Waals surface area (Å²) in [7, 11) is 0. The van der Waals surface area contributed by atoms with Crippen LogP contribution in [-0.4, -0.2) is 55.2 Å². The van der Waals surface area contributed by atoms with Crippen molar-refractivity contribution in [3.05, 3.63) is 60.9 Å². The Bertz CT molecular complexity index is 738. The molecule has 2 aromatic heterocycles. The molecule has 0 aliphatic carbocycles. The van der Waals surface area contributed by atoms with Crippen molar-refractivity contribution in [2.24, 2.45) is 0 Å². The summed E-state index contributed by atoms with van der Waals surface area (Å²) in [5.41, 5.74) is 2.38. The van der Waals surface area contributed by atoms with Crippen molar-refractivity contribution in [1.82, 2.24) is 29.4 Å². The molecule has 0 spiro atoms. The number of nitrogens with zero attached hydrogens (tertiary/aromatic N) is 6. The third kappa shape index (κ3) is 3.52. The molecule has 0 radical (unpaired) electrons. The minimum Gasteiger partial charge on any atom is -0.374 e. The summed E-state index contributed by atoms with van der Waals surface area (Å²) in [6.45, 7) is 4.28. The van der Waals surface area contributed by atoms with Crippen LogP contribution in [0.2, 0.25) is 0 Å². The van der Waals surface area contributed by atoms with E-state index in [1.807, 2.05) is 21.6 Å². The molecule has 1 aliphatic rings. The molecule has 1 unspecified atom stereocenters. The molecular weight excluding hydrogens is 304 g/mol. The number of aromatic nitrogens is 5. The van der Waals surface area contributed by atoms with Crippen LogP contribution in [0.5, 0.6) is 0 Å². The summed E-state index contributed by atoms with van der Waals surface area (Å²) in [4.78, 5) is 6.40. The Balaban J connectivity index is 1.36. The number of hydrogen-bond donors (Lipinski definition) is 0. The molecule has 1 aromatic carbocycles. The SMILES string of the molecule is c1cnn(-c2ccc(CN3CCOC(Cn4cncn4)C3)cc2)c1. The second kappa shape index (κ2) is 6.94. The van der Waals surface area contributed by atoms with Crippen LogP contribution in [-0.2, 0) is 17.8 Å². The van der Waals surface area contributed by atoms with Gasteiger partial charge in [0.05, 0.1) is 24.9 Å². The zero-order chi connectivity index (χ0) is 16.2. The molecule has 3 aromatic rings. The highest BCUT2D eigenvalue weighted by Gasteiger charge is 2.21. The van der Waals surface area contributed by atoms with E-state index in [0.29, 0.717) is 0 Å². The summed E-state index contributed by atoms with van der Waals surface area (Å²) >= 11 is 0. The highest BCUT2D eigenvalue weighted by atomic mass is 16.5. The van der Waals surface area contributed by atoms with Crippen LogP contribution in [0.3, 0.4) is 0 Å². The lowest BCUT2D eigenvalue weighted by Crippen LogP contribution is -2.43. The third-order valence-electron chi connectivity index (χ3n) is 4.19. The summed E-state index contributed by atoms with van der Waals surface area (Å²) in [5.74, 6) is 0. The maximum Gasteiger partial charge on any atom is 0.137 e. The van der Waals surface area contributed by atoms with Gasteiger partial charge in [-0.3, -0.25) is 9.58 Å². The minimum atomic E-state index is 0.156. The number of ether oxygens (including phenoxy) is 1. The van der Waals surface area contributed by atoms with E-state index in [1.165, 1.54) is 5.56 Å². The minimum absolute atomic E-state index is 0.156. The summed E-state index contributed by atoms with van der Waals surface area (Å²) in [5, 5.41) is 8.41. The first-order valence-electron chi connectivity index (χ1n) is 8.12. The fourth-order valence-corrected chi connectivity index (χ4v) is 3.00. The van der Waals surface area contributed by atoms with E-state index in [2.05, 4.69) is 44.3 Å². The van der Waals surface area contributed by atoms with Gasteiger partial charge in [0.15, 0.2) is 0 Å². The average Bonchev–Trinajstić information content (AvgIpc) is 3.29. The molecule has 1 saturated heterocycles. The van der Waals surface area contributed by atoms with Crippen LogP contribution in [0.15, 0.2) is 55.4 Å². The van der Waals surface area contributed by atoms with Gasteiger partial charge in [-0.05, 0) is 23.8 Å². The zero-order valence-electron chi connectivity index (χ0n) is 13.4. The van der Waals surface area contributed by atoms with Gasteiger partial charge in [-0.2, -0.15) is 10.2 Å². The van der Waals surface area contributed by atoms with Gasteiger partial charge in [-0.1, -0.05) is 12.1 Å².